The third-order valence-corrected chi connectivity index (χ3v) is 6.85. The number of hydrogen-bond donors (Lipinski definition) is 1. The fourth-order valence-electron chi connectivity index (χ4n) is 3.22. The summed E-state index contributed by atoms with van der Waals surface area (Å²) in [5.41, 5.74) is 4.66. The van der Waals surface area contributed by atoms with Gasteiger partial charge in [-0.25, -0.2) is 13.8 Å². The number of benzene rings is 3. The zero-order chi connectivity index (χ0) is 24.6. The molecule has 3 rings (SSSR count). The molecule has 3 aromatic rings. The van der Waals surface area contributed by atoms with Gasteiger partial charge in [0.1, 0.15) is 12.3 Å². The predicted octanol–water partition coefficient (Wildman–Crippen LogP) is 4.55. The zero-order valence-corrected chi connectivity index (χ0v) is 20.3. The molecular formula is C26H29N3O4S. The Morgan fingerprint density at radius 1 is 1.00 bits per heavy atom. The number of rotatable bonds is 10. The van der Waals surface area contributed by atoms with E-state index in [4.69, 9.17) is 4.74 Å². The van der Waals surface area contributed by atoms with Crippen LogP contribution in [0.25, 0.3) is 0 Å². The first-order chi connectivity index (χ1) is 16.3. The number of amides is 1. The van der Waals surface area contributed by atoms with Crippen molar-refractivity contribution in [1.29, 1.82) is 0 Å². The van der Waals surface area contributed by atoms with Crippen LogP contribution in [0, 0.1) is 0 Å². The molecule has 178 valence electrons. The molecule has 0 radical (unpaired) electrons. The highest BCUT2D eigenvalue weighted by molar-refractivity contribution is 7.92. The Bertz CT molecular complexity index is 1210. The van der Waals surface area contributed by atoms with E-state index in [0.717, 1.165) is 21.2 Å². The van der Waals surface area contributed by atoms with Crippen molar-refractivity contribution in [2.45, 2.75) is 31.6 Å². The predicted molar refractivity (Wildman–Crippen MR) is 135 cm³/mol. The second kappa shape index (κ2) is 11.5. The SMILES string of the molecule is CCOc1ccc(/C=N\NC(=O)CN(c2ccc(C(C)C)cc2)S(=O)(=O)c2ccccc2)cc1. The van der Waals surface area contributed by atoms with Crippen molar-refractivity contribution in [2.75, 3.05) is 17.5 Å². The van der Waals surface area contributed by atoms with E-state index in [9.17, 15) is 13.2 Å². The number of carbonyl (C=O) groups is 1. The minimum atomic E-state index is -3.96. The summed E-state index contributed by atoms with van der Waals surface area (Å²) in [5, 5.41) is 3.97. The van der Waals surface area contributed by atoms with Crippen LogP contribution in [0.15, 0.2) is 88.9 Å². The number of anilines is 1. The molecule has 0 aliphatic rings. The Hall–Kier alpha value is -3.65. The molecule has 0 spiro atoms. The van der Waals surface area contributed by atoms with Crippen molar-refractivity contribution >= 4 is 27.8 Å². The lowest BCUT2D eigenvalue weighted by atomic mass is 10.0. The largest absolute Gasteiger partial charge is 0.494 e. The zero-order valence-electron chi connectivity index (χ0n) is 19.5. The molecule has 1 N–H and O–H groups in total. The lowest BCUT2D eigenvalue weighted by Crippen LogP contribution is -2.39. The highest BCUT2D eigenvalue weighted by atomic mass is 32.2. The Morgan fingerprint density at radius 3 is 2.24 bits per heavy atom. The van der Waals surface area contributed by atoms with E-state index >= 15 is 0 Å². The van der Waals surface area contributed by atoms with E-state index in [1.165, 1.54) is 18.3 Å². The summed E-state index contributed by atoms with van der Waals surface area (Å²) >= 11 is 0. The first-order valence-corrected chi connectivity index (χ1v) is 12.5. The third kappa shape index (κ3) is 6.45. The van der Waals surface area contributed by atoms with Crippen LogP contribution in [0.2, 0.25) is 0 Å². The maximum absolute atomic E-state index is 13.4. The van der Waals surface area contributed by atoms with Gasteiger partial charge < -0.3 is 4.74 Å². The fraction of sp³-hybridized carbons (Fsp3) is 0.231. The van der Waals surface area contributed by atoms with Gasteiger partial charge in [-0.3, -0.25) is 9.10 Å². The van der Waals surface area contributed by atoms with Crippen LogP contribution >= 0.6 is 0 Å². The molecule has 0 saturated carbocycles. The van der Waals surface area contributed by atoms with Crippen molar-refractivity contribution in [3.8, 4) is 5.75 Å². The average molecular weight is 480 g/mol. The van der Waals surface area contributed by atoms with Crippen LogP contribution in [-0.4, -0.2) is 33.7 Å². The normalized spacial score (nSPS) is 11.5. The van der Waals surface area contributed by atoms with Gasteiger partial charge in [0.2, 0.25) is 0 Å². The molecule has 0 aliphatic heterocycles. The lowest BCUT2D eigenvalue weighted by Gasteiger charge is -2.24. The number of hydrazone groups is 1. The minimum absolute atomic E-state index is 0.105. The number of sulfonamides is 1. The number of nitrogens with zero attached hydrogens (tertiary/aromatic N) is 2. The topological polar surface area (TPSA) is 88.1 Å². The molecule has 0 atom stereocenters. The molecule has 7 nitrogen and oxygen atoms in total. The summed E-state index contributed by atoms with van der Waals surface area (Å²) in [4.78, 5) is 12.8. The molecule has 8 heteroatoms. The van der Waals surface area contributed by atoms with Crippen LogP contribution in [0.5, 0.6) is 5.75 Å². The molecule has 34 heavy (non-hydrogen) atoms. The molecule has 0 bridgehead atoms. The summed E-state index contributed by atoms with van der Waals surface area (Å²) in [7, 11) is -3.96. The van der Waals surface area contributed by atoms with Gasteiger partial charge in [0.25, 0.3) is 15.9 Å². The van der Waals surface area contributed by atoms with Gasteiger partial charge in [0, 0.05) is 0 Å². The van der Waals surface area contributed by atoms with Gasteiger partial charge in [-0.15, -0.1) is 0 Å². The van der Waals surface area contributed by atoms with Gasteiger partial charge in [-0.2, -0.15) is 5.10 Å². The molecule has 0 unspecified atom stereocenters. The highest BCUT2D eigenvalue weighted by Crippen LogP contribution is 2.25. The monoisotopic (exact) mass is 479 g/mol. The Kier molecular flexibility index (Phi) is 8.43. The van der Waals surface area contributed by atoms with E-state index in [1.807, 2.05) is 43.3 Å². The first kappa shape index (κ1) is 25.0. The van der Waals surface area contributed by atoms with Crippen molar-refractivity contribution in [3.63, 3.8) is 0 Å². The molecule has 0 fully saturated rings. The molecule has 0 aromatic heterocycles. The smallest absolute Gasteiger partial charge is 0.264 e. The Morgan fingerprint density at radius 2 is 1.65 bits per heavy atom. The summed E-state index contributed by atoms with van der Waals surface area (Å²) < 4.78 is 33.2. The van der Waals surface area contributed by atoms with Crippen LogP contribution in [-0.2, 0) is 14.8 Å². The van der Waals surface area contributed by atoms with Crippen LogP contribution in [0.4, 0.5) is 5.69 Å². The van der Waals surface area contributed by atoms with E-state index < -0.39 is 22.5 Å². The number of ether oxygens (including phenoxy) is 1. The molecular weight excluding hydrogens is 450 g/mol. The van der Waals surface area contributed by atoms with E-state index in [-0.39, 0.29) is 4.90 Å². The highest BCUT2D eigenvalue weighted by Gasteiger charge is 2.27. The second-order valence-electron chi connectivity index (χ2n) is 7.87. The quantitative estimate of drug-likeness (QED) is 0.341. The van der Waals surface area contributed by atoms with E-state index in [2.05, 4.69) is 24.4 Å². The number of carbonyl (C=O) groups excluding carboxylic acids is 1. The fourth-order valence-corrected chi connectivity index (χ4v) is 4.66. The summed E-state index contributed by atoms with van der Waals surface area (Å²) in [6.07, 6.45) is 1.49. The number of hydrogen-bond acceptors (Lipinski definition) is 5. The summed E-state index contributed by atoms with van der Waals surface area (Å²) in [6, 6.07) is 22.4. The van der Waals surface area contributed by atoms with E-state index in [1.54, 1.807) is 30.3 Å². The molecule has 0 aliphatic carbocycles. The maximum atomic E-state index is 13.4. The molecule has 0 heterocycles. The summed E-state index contributed by atoms with van der Waals surface area (Å²) in [6.45, 7) is 6.18. The third-order valence-electron chi connectivity index (χ3n) is 5.06. The summed E-state index contributed by atoms with van der Waals surface area (Å²) in [5.74, 6) is 0.483. The van der Waals surface area contributed by atoms with Gasteiger partial charge in [-0.05, 0) is 72.5 Å². The Labute approximate surface area is 201 Å². The van der Waals surface area contributed by atoms with Crippen molar-refractivity contribution < 1.29 is 17.9 Å². The molecule has 1 amide bonds. The Balaban J connectivity index is 1.78. The van der Waals surface area contributed by atoms with Gasteiger partial charge in [-0.1, -0.05) is 44.2 Å². The lowest BCUT2D eigenvalue weighted by molar-refractivity contribution is -0.119. The van der Waals surface area contributed by atoms with Gasteiger partial charge in [0.05, 0.1) is 23.4 Å². The van der Waals surface area contributed by atoms with Crippen LogP contribution in [0.3, 0.4) is 0 Å². The molecule has 0 saturated heterocycles. The second-order valence-corrected chi connectivity index (χ2v) is 9.73. The average Bonchev–Trinajstić information content (AvgIpc) is 2.84. The van der Waals surface area contributed by atoms with Gasteiger partial charge in [0.15, 0.2) is 0 Å². The van der Waals surface area contributed by atoms with Crippen LogP contribution < -0.4 is 14.5 Å². The van der Waals surface area contributed by atoms with Crippen molar-refractivity contribution in [2.24, 2.45) is 5.10 Å². The number of nitrogens with one attached hydrogen (secondary N) is 1. The molecule has 3 aromatic carbocycles. The maximum Gasteiger partial charge on any atom is 0.264 e. The van der Waals surface area contributed by atoms with Crippen molar-refractivity contribution in [3.05, 3.63) is 90.0 Å². The first-order valence-electron chi connectivity index (χ1n) is 11.0. The van der Waals surface area contributed by atoms with E-state index in [0.29, 0.717) is 18.2 Å². The standard InChI is InChI=1S/C26H29N3O4S/c1-4-33-24-16-10-21(11-17-24)18-27-28-26(30)19-29(23-14-12-22(13-15-23)20(2)3)34(31,32)25-8-6-5-7-9-25/h5-18,20H,4,19H2,1-3H3,(H,28,30)/b27-18-. The minimum Gasteiger partial charge on any atom is -0.494 e. The van der Waals surface area contributed by atoms with Crippen molar-refractivity contribution in [1.82, 2.24) is 5.43 Å². The van der Waals surface area contributed by atoms with Gasteiger partial charge >= 0.3 is 0 Å². The van der Waals surface area contributed by atoms with Crippen LogP contribution in [0.1, 0.15) is 37.8 Å².